The molecule has 2 nitrogen and oxygen atoms in total. The van der Waals surface area contributed by atoms with E-state index in [4.69, 9.17) is 4.74 Å². The molecule has 0 spiro atoms. The molecule has 1 aliphatic heterocycles. The van der Waals surface area contributed by atoms with Crippen LogP contribution in [0.25, 0.3) is 0 Å². The van der Waals surface area contributed by atoms with Crippen molar-refractivity contribution < 1.29 is 17.9 Å². The molecular weight excluding hydrogens is 351 g/mol. The van der Waals surface area contributed by atoms with E-state index in [0.717, 1.165) is 43.5 Å². The van der Waals surface area contributed by atoms with E-state index in [2.05, 4.69) is 4.90 Å². The van der Waals surface area contributed by atoms with Crippen molar-refractivity contribution in [1.29, 1.82) is 0 Å². The van der Waals surface area contributed by atoms with Crippen molar-refractivity contribution in [1.82, 2.24) is 4.90 Å². The van der Waals surface area contributed by atoms with E-state index in [9.17, 15) is 13.2 Å². The van der Waals surface area contributed by atoms with Gasteiger partial charge in [0, 0.05) is 0 Å². The van der Waals surface area contributed by atoms with Crippen molar-refractivity contribution in [2.45, 2.75) is 44.4 Å². The third-order valence-corrected chi connectivity index (χ3v) is 5.02. The smallest absolute Gasteiger partial charge is 0.416 e. The number of hydrogen-bond donors (Lipinski definition) is 0. The fourth-order valence-electron chi connectivity index (χ4n) is 3.52. The van der Waals surface area contributed by atoms with E-state index < -0.39 is 11.7 Å². The highest BCUT2D eigenvalue weighted by Crippen LogP contribution is 2.32. The van der Waals surface area contributed by atoms with Gasteiger partial charge in [0.15, 0.2) is 0 Å². The minimum Gasteiger partial charge on any atom is -0.486 e. The predicted octanol–water partition coefficient (Wildman–Crippen LogP) is 6.09. The lowest BCUT2D eigenvalue weighted by Gasteiger charge is -2.21. The number of halogens is 3. The second kappa shape index (κ2) is 9.27. The van der Waals surface area contributed by atoms with Crippen LogP contribution in [0, 0.1) is 0 Å². The van der Waals surface area contributed by atoms with Crippen LogP contribution in [0.15, 0.2) is 54.6 Å². The van der Waals surface area contributed by atoms with E-state index >= 15 is 0 Å². The molecule has 0 saturated carbocycles. The summed E-state index contributed by atoms with van der Waals surface area (Å²) in [5.74, 6) is 0.469. The summed E-state index contributed by atoms with van der Waals surface area (Å²) in [6, 6.07) is 14.9. The summed E-state index contributed by atoms with van der Waals surface area (Å²) in [7, 11) is 0. The molecule has 5 heteroatoms. The van der Waals surface area contributed by atoms with E-state index in [0.29, 0.717) is 5.75 Å². The highest BCUT2D eigenvalue weighted by Gasteiger charge is 2.30. The topological polar surface area (TPSA) is 12.5 Å². The lowest BCUT2D eigenvalue weighted by Crippen LogP contribution is -2.20. The van der Waals surface area contributed by atoms with Gasteiger partial charge in [-0.2, -0.15) is 13.2 Å². The molecule has 1 fully saturated rings. The molecule has 0 aliphatic carbocycles. The summed E-state index contributed by atoms with van der Waals surface area (Å²) in [6.07, 6.45) is 1.09. The van der Waals surface area contributed by atoms with Gasteiger partial charge in [0.1, 0.15) is 11.9 Å². The number of hydrogen-bond acceptors (Lipinski definition) is 2. The average Bonchev–Trinajstić information content (AvgIpc) is 3.18. The van der Waals surface area contributed by atoms with Gasteiger partial charge in [0.25, 0.3) is 0 Å². The Hall–Kier alpha value is -2.01. The van der Waals surface area contributed by atoms with Crippen molar-refractivity contribution in [3.8, 4) is 5.75 Å². The number of nitrogens with zero attached hydrogens (tertiary/aromatic N) is 1. The normalized spacial score (nSPS) is 16.4. The number of rotatable bonds is 8. The average molecular weight is 377 g/mol. The zero-order valence-corrected chi connectivity index (χ0v) is 15.4. The Balaban J connectivity index is 1.59. The van der Waals surface area contributed by atoms with Crippen LogP contribution in [0.3, 0.4) is 0 Å². The van der Waals surface area contributed by atoms with E-state index in [1.165, 1.54) is 38.1 Å². The van der Waals surface area contributed by atoms with Gasteiger partial charge in [-0.3, -0.25) is 0 Å². The number of unbranched alkanes of at least 4 members (excludes halogenated alkanes) is 1. The summed E-state index contributed by atoms with van der Waals surface area (Å²) in [4.78, 5) is 2.49. The number of ether oxygens (including phenoxy) is 1. The van der Waals surface area contributed by atoms with Crippen molar-refractivity contribution in [3.05, 3.63) is 65.7 Å². The van der Waals surface area contributed by atoms with Crippen molar-refractivity contribution in [3.63, 3.8) is 0 Å². The predicted molar refractivity (Wildman–Crippen MR) is 101 cm³/mol. The quantitative estimate of drug-likeness (QED) is 0.516. The Bertz CT molecular complexity index is 679. The molecule has 0 radical (unpaired) electrons. The Morgan fingerprint density at radius 2 is 1.56 bits per heavy atom. The molecule has 1 atom stereocenters. The molecule has 27 heavy (non-hydrogen) atoms. The van der Waals surface area contributed by atoms with Gasteiger partial charge in [-0.25, -0.2) is 0 Å². The molecule has 0 N–H and O–H groups in total. The molecule has 2 aromatic carbocycles. The van der Waals surface area contributed by atoms with Gasteiger partial charge in [0.05, 0.1) is 5.56 Å². The highest BCUT2D eigenvalue weighted by atomic mass is 19.4. The fraction of sp³-hybridized carbons (Fsp3) is 0.455. The Morgan fingerprint density at radius 1 is 0.889 bits per heavy atom. The summed E-state index contributed by atoms with van der Waals surface area (Å²) in [5, 5.41) is 0. The maximum atomic E-state index is 12.7. The standard InChI is InChI=1S/C22H26F3NO/c23-22(24,25)19-11-13-20(14-12-19)27-21(18-8-2-1-3-9-18)10-4-5-15-26-16-6-7-17-26/h1-3,8-9,11-14,21H,4-7,10,15-17H2/t21-/m0/s1. The van der Waals surface area contributed by atoms with Crippen LogP contribution in [-0.4, -0.2) is 24.5 Å². The second-order valence-electron chi connectivity index (χ2n) is 7.08. The van der Waals surface area contributed by atoms with E-state index in [-0.39, 0.29) is 6.10 Å². The number of benzene rings is 2. The van der Waals surface area contributed by atoms with Crippen LogP contribution in [0.4, 0.5) is 13.2 Å². The minimum absolute atomic E-state index is 0.151. The first-order valence-corrected chi connectivity index (χ1v) is 9.63. The molecule has 0 amide bonds. The van der Waals surface area contributed by atoms with Crippen LogP contribution in [0.2, 0.25) is 0 Å². The van der Waals surface area contributed by atoms with Crippen LogP contribution < -0.4 is 4.74 Å². The summed E-state index contributed by atoms with van der Waals surface area (Å²) in [6.45, 7) is 3.51. The SMILES string of the molecule is FC(F)(F)c1ccc(O[C@@H](CCCCN2CCCC2)c2ccccc2)cc1. The van der Waals surface area contributed by atoms with Gasteiger partial charge in [-0.15, -0.1) is 0 Å². The van der Waals surface area contributed by atoms with E-state index in [1.807, 2.05) is 30.3 Å². The zero-order valence-electron chi connectivity index (χ0n) is 15.4. The highest BCUT2D eigenvalue weighted by molar-refractivity contribution is 5.30. The zero-order chi connectivity index (χ0) is 19.1. The van der Waals surface area contributed by atoms with E-state index in [1.54, 1.807) is 0 Å². The summed E-state index contributed by atoms with van der Waals surface area (Å²) < 4.78 is 44.3. The molecular formula is C22H26F3NO. The molecule has 0 bridgehead atoms. The maximum absolute atomic E-state index is 12.7. The van der Waals surface area contributed by atoms with Gasteiger partial charge in [-0.05, 0) is 81.6 Å². The Labute approximate surface area is 159 Å². The summed E-state index contributed by atoms with van der Waals surface area (Å²) >= 11 is 0. The lowest BCUT2D eigenvalue weighted by atomic mass is 10.0. The molecule has 146 valence electrons. The molecule has 2 aromatic rings. The largest absolute Gasteiger partial charge is 0.486 e. The maximum Gasteiger partial charge on any atom is 0.416 e. The van der Waals surface area contributed by atoms with Crippen LogP contribution >= 0.6 is 0 Å². The first kappa shape index (κ1) is 19.7. The lowest BCUT2D eigenvalue weighted by molar-refractivity contribution is -0.137. The molecule has 1 aliphatic rings. The van der Waals surface area contributed by atoms with Gasteiger partial charge >= 0.3 is 6.18 Å². The second-order valence-corrected chi connectivity index (χ2v) is 7.08. The molecule has 1 heterocycles. The first-order valence-electron chi connectivity index (χ1n) is 9.63. The first-order chi connectivity index (χ1) is 13.0. The van der Waals surface area contributed by atoms with Crippen molar-refractivity contribution in [2.24, 2.45) is 0 Å². The molecule has 0 aromatic heterocycles. The van der Waals surface area contributed by atoms with Crippen LogP contribution in [-0.2, 0) is 6.18 Å². The van der Waals surface area contributed by atoms with Gasteiger partial charge in [0.2, 0.25) is 0 Å². The Morgan fingerprint density at radius 3 is 2.19 bits per heavy atom. The molecule has 0 unspecified atom stereocenters. The fourth-order valence-corrected chi connectivity index (χ4v) is 3.52. The number of alkyl halides is 3. The van der Waals surface area contributed by atoms with Gasteiger partial charge in [-0.1, -0.05) is 30.3 Å². The minimum atomic E-state index is -4.33. The molecule has 3 rings (SSSR count). The van der Waals surface area contributed by atoms with Crippen molar-refractivity contribution in [2.75, 3.05) is 19.6 Å². The Kier molecular flexibility index (Phi) is 6.78. The molecule has 1 saturated heterocycles. The number of likely N-dealkylation sites (tertiary alicyclic amines) is 1. The van der Waals surface area contributed by atoms with Crippen molar-refractivity contribution >= 4 is 0 Å². The monoisotopic (exact) mass is 377 g/mol. The van der Waals surface area contributed by atoms with Crippen LogP contribution in [0.5, 0.6) is 5.75 Å². The van der Waals surface area contributed by atoms with Crippen LogP contribution in [0.1, 0.15) is 49.3 Å². The third kappa shape index (κ3) is 5.99. The summed E-state index contributed by atoms with van der Waals surface area (Å²) in [5.41, 5.74) is 0.398. The van der Waals surface area contributed by atoms with Gasteiger partial charge < -0.3 is 9.64 Å². The third-order valence-electron chi connectivity index (χ3n) is 5.02.